The van der Waals surface area contributed by atoms with Gasteiger partial charge in [-0.05, 0) is 12.5 Å². The lowest BCUT2D eigenvalue weighted by atomic mass is 9.96. The number of benzene rings is 1. The van der Waals surface area contributed by atoms with Crippen LogP contribution in [0.1, 0.15) is 39.1 Å². The summed E-state index contributed by atoms with van der Waals surface area (Å²) in [5, 5.41) is 0. The molecule has 0 fully saturated rings. The van der Waals surface area contributed by atoms with Crippen molar-refractivity contribution in [3.8, 4) is 0 Å². The van der Waals surface area contributed by atoms with E-state index in [1.54, 1.807) is 0 Å². The van der Waals surface area contributed by atoms with Gasteiger partial charge in [0.15, 0.2) is 0 Å². The minimum atomic E-state index is -0.115. The maximum atomic E-state index is 5.96. The molecule has 0 radical (unpaired) electrons. The summed E-state index contributed by atoms with van der Waals surface area (Å²) in [7, 11) is 0. The van der Waals surface area contributed by atoms with Crippen molar-refractivity contribution in [1.82, 2.24) is 9.97 Å². The first-order chi connectivity index (χ1) is 9.90. The Hall–Kier alpha value is -2.10. The highest BCUT2D eigenvalue weighted by molar-refractivity contribution is 5.48. The molecule has 112 valence electrons. The molecule has 0 aliphatic rings. The number of aromatic nitrogens is 2. The van der Waals surface area contributed by atoms with E-state index in [0.29, 0.717) is 5.82 Å². The molecule has 1 aromatic carbocycles. The molecule has 1 aromatic heterocycles. The van der Waals surface area contributed by atoms with Gasteiger partial charge < -0.3 is 10.6 Å². The van der Waals surface area contributed by atoms with E-state index in [1.165, 1.54) is 5.56 Å². The van der Waals surface area contributed by atoms with Gasteiger partial charge in [-0.3, -0.25) is 0 Å². The molecule has 2 rings (SSSR count). The maximum Gasteiger partial charge on any atom is 0.138 e. The summed E-state index contributed by atoms with van der Waals surface area (Å²) >= 11 is 0. The third-order valence-electron chi connectivity index (χ3n) is 3.33. The fourth-order valence-electron chi connectivity index (χ4n) is 2.11. The number of nitrogens with zero attached hydrogens (tertiary/aromatic N) is 3. The van der Waals surface area contributed by atoms with E-state index in [1.807, 2.05) is 12.1 Å². The molecule has 0 amide bonds. The normalized spacial score (nSPS) is 11.4. The van der Waals surface area contributed by atoms with E-state index >= 15 is 0 Å². The number of hydrogen-bond donors (Lipinski definition) is 1. The molecule has 0 saturated carbocycles. The quantitative estimate of drug-likeness (QED) is 0.935. The Bertz CT molecular complexity index is 587. The van der Waals surface area contributed by atoms with Gasteiger partial charge >= 0.3 is 0 Å². The minimum Gasteiger partial charge on any atom is -0.384 e. The second-order valence-corrected chi connectivity index (χ2v) is 6.22. The van der Waals surface area contributed by atoms with Crippen molar-refractivity contribution >= 4 is 11.6 Å². The predicted molar refractivity (Wildman–Crippen MR) is 88.3 cm³/mol. The van der Waals surface area contributed by atoms with Gasteiger partial charge in [0.1, 0.15) is 17.5 Å². The van der Waals surface area contributed by atoms with Crippen LogP contribution in [0, 0.1) is 0 Å². The van der Waals surface area contributed by atoms with Crippen molar-refractivity contribution < 1.29 is 0 Å². The van der Waals surface area contributed by atoms with Gasteiger partial charge in [0.25, 0.3) is 0 Å². The van der Waals surface area contributed by atoms with Crippen molar-refractivity contribution in [1.29, 1.82) is 0 Å². The number of nitrogens with two attached hydrogens (primary N) is 1. The zero-order valence-corrected chi connectivity index (χ0v) is 13.3. The number of hydrogen-bond acceptors (Lipinski definition) is 4. The Balaban J connectivity index is 2.32. The van der Waals surface area contributed by atoms with Crippen LogP contribution in [0.3, 0.4) is 0 Å². The van der Waals surface area contributed by atoms with Crippen LogP contribution in [-0.2, 0) is 12.0 Å². The SMILES string of the molecule is CCN(Cc1ccccc1)c1cc(N)nc(C(C)(C)C)n1. The lowest BCUT2D eigenvalue weighted by molar-refractivity contribution is 0.545. The van der Waals surface area contributed by atoms with E-state index in [0.717, 1.165) is 24.7 Å². The van der Waals surface area contributed by atoms with Gasteiger partial charge in [-0.2, -0.15) is 0 Å². The van der Waals surface area contributed by atoms with Crippen molar-refractivity contribution in [3.05, 3.63) is 47.8 Å². The summed E-state index contributed by atoms with van der Waals surface area (Å²) in [6.07, 6.45) is 0. The third-order valence-corrected chi connectivity index (χ3v) is 3.33. The first-order valence-corrected chi connectivity index (χ1v) is 7.34. The van der Waals surface area contributed by atoms with E-state index in [-0.39, 0.29) is 5.41 Å². The molecule has 0 atom stereocenters. The first kappa shape index (κ1) is 15.3. The Kier molecular flexibility index (Phi) is 4.46. The van der Waals surface area contributed by atoms with Gasteiger partial charge in [0, 0.05) is 24.6 Å². The Morgan fingerprint density at radius 1 is 1.10 bits per heavy atom. The summed E-state index contributed by atoms with van der Waals surface area (Å²) in [4.78, 5) is 11.3. The van der Waals surface area contributed by atoms with Crippen LogP contribution >= 0.6 is 0 Å². The van der Waals surface area contributed by atoms with E-state index < -0.39 is 0 Å². The number of nitrogen functional groups attached to an aromatic ring is 1. The van der Waals surface area contributed by atoms with Crippen molar-refractivity contribution in [3.63, 3.8) is 0 Å². The second kappa shape index (κ2) is 6.12. The fourth-order valence-corrected chi connectivity index (χ4v) is 2.11. The smallest absolute Gasteiger partial charge is 0.138 e. The van der Waals surface area contributed by atoms with Crippen LogP contribution < -0.4 is 10.6 Å². The Labute approximate surface area is 127 Å². The van der Waals surface area contributed by atoms with Crippen LogP contribution in [0.25, 0.3) is 0 Å². The topological polar surface area (TPSA) is 55.0 Å². The molecule has 2 aromatic rings. The summed E-state index contributed by atoms with van der Waals surface area (Å²) < 4.78 is 0. The lowest BCUT2D eigenvalue weighted by Crippen LogP contribution is -2.26. The van der Waals surface area contributed by atoms with Crippen LogP contribution in [0.4, 0.5) is 11.6 Å². The van der Waals surface area contributed by atoms with E-state index in [4.69, 9.17) is 10.7 Å². The first-order valence-electron chi connectivity index (χ1n) is 7.34. The highest BCUT2D eigenvalue weighted by Crippen LogP contribution is 2.23. The maximum absolute atomic E-state index is 5.96. The summed E-state index contributed by atoms with van der Waals surface area (Å²) in [6, 6.07) is 12.2. The summed E-state index contributed by atoms with van der Waals surface area (Å²) in [5.41, 5.74) is 7.11. The largest absolute Gasteiger partial charge is 0.384 e. The number of anilines is 2. The zero-order valence-electron chi connectivity index (χ0n) is 13.3. The molecule has 4 heteroatoms. The molecular formula is C17H24N4. The summed E-state index contributed by atoms with van der Waals surface area (Å²) in [6.45, 7) is 10.1. The van der Waals surface area contributed by atoms with Crippen molar-refractivity contribution in [2.24, 2.45) is 0 Å². The van der Waals surface area contributed by atoms with Gasteiger partial charge in [-0.15, -0.1) is 0 Å². The van der Waals surface area contributed by atoms with E-state index in [2.05, 4.69) is 61.8 Å². The van der Waals surface area contributed by atoms with Crippen molar-refractivity contribution in [2.45, 2.75) is 39.7 Å². The molecule has 0 saturated heterocycles. The molecule has 0 aliphatic heterocycles. The van der Waals surface area contributed by atoms with Gasteiger partial charge in [-0.1, -0.05) is 51.1 Å². The fraction of sp³-hybridized carbons (Fsp3) is 0.412. The van der Waals surface area contributed by atoms with Crippen LogP contribution in [0.5, 0.6) is 0 Å². The van der Waals surface area contributed by atoms with Crippen LogP contribution in [0.15, 0.2) is 36.4 Å². The third kappa shape index (κ3) is 3.94. The van der Waals surface area contributed by atoms with Gasteiger partial charge in [-0.25, -0.2) is 9.97 Å². The zero-order chi connectivity index (χ0) is 15.5. The standard InChI is InChI=1S/C17H24N4/c1-5-21(12-13-9-7-6-8-10-13)15-11-14(18)19-16(20-15)17(2,3)4/h6-11H,5,12H2,1-4H3,(H2,18,19,20). The molecule has 4 nitrogen and oxygen atoms in total. The highest BCUT2D eigenvalue weighted by Gasteiger charge is 2.20. The molecule has 0 aliphatic carbocycles. The average molecular weight is 284 g/mol. The summed E-state index contributed by atoms with van der Waals surface area (Å²) in [5.74, 6) is 2.19. The molecular weight excluding hydrogens is 260 g/mol. The monoisotopic (exact) mass is 284 g/mol. The number of rotatable bonds is 4. The average Bonchev–Trinajstić information content (AvgIpc) is 2.44. The van der Waals surface area contributed by atoms with Gasteiger partial charge in [0.05, 0.1) is 0 Å². The molecule has 0 unspecified atom stereocenters. The van der Waals surface area contributed by atoms with E-state index in [9.17, 15) is 0 Å². The molecule has 21 heavy (non-hydrogen) atoms. The Morgan fingerprint density at radius 2 is 1.76 bits per heavy atom. The van der Waals surface area contributed by atoms with Crippen LogP contribution in [-0.4, -0.2) is 16.5 Å². The molecule has 0 bridgehead atoms. The molecule has 0 spiro atoms. The second-order valence-electron chi connectivity index (χ2n) is 6.22. The van der Waals surface area contributed by atoms with Gasteiger partial charge in [0.2, 0.25) is 0 Å². The van der Waals surface area contributed by atoms with Crippen molar-refractivity contribution in [2.75, 3.05) is 17.2 Å². The van der Waals surface area contributed by atoms with Crippen LogP contribution in [0.2, 0.25) is 0 Å². The predicted octanol–water partition coefficient (Wildman–Crippen LogP) is 3.38. The lowest BCUT2D eigenvalue weighted by Gasteiger charge is -2.25. The Morgan fingerprint density at radius 3 is 2.33 bits per heavy atom. The molecule has 1 heterocycles. The minimum absolute atomic E-state index is 0.115. The highest BCUT2D eigenvalue weighted by atomic mass is 15.2. The molecule has 2 N–H and O–H groups in total.